The Balaban J connectivity index is 0.000000215. The number of likely N-dealkylation sites (tertiary alicyclic amines) is 1. The Morgan fingerprint density at radius 3 is 2.33 bits per heavy atom. The van der Waals surface area contributed by atoms with E-state index in [1.54, 1.807) is 4.90 Å². The number of benzene rings is 3. The zero-order chi connectivity index (χ0) is 27.3. The van der Waals surface area contributed by atoms with Crippen molar-refractivity contribution in [1.29, 1.82) is 0 Å². The summed E-state index contributed by atoms with van der Waals surface area (Å²) >= 11 is 0. The molecule has 7 nitrogen and oxygen atoms in total. The van der Waals surface area contributed by atoms with Crippen LogP contribution in [0.1, 0.15) is 54.9 Å². The summed E-state index contributed by atoms with van der Waals surface area (Å²) in [6, 6.07) is 24.4. The molecule has 1 N–H and O–H groups in total. The maximum atomic E-state index is 11.5. The quantitative estimate of drug-likeness (QED) is 0.310. The second-order valence-corrected chi connectivity index (χ2v) is 9.76. The summed E-state index contributed by atoms with van der Waals surface area (Å²) in [6.07, 6.45) is 3.52. The first kappa shape index (κ1) is 28.5. The number of carbonyl (C=O) groups excluding carboxylic acids is 1. The smallest absolute Gasteiger partial charge is 0.410 e. The minimum Gasteiger partial charge on any atom is -0.485 e. The summed E-state index contributed by atoms with van der Waals surface area (Å²) < 4.78 is 22.9. The van der Waals surface area contributed by atoms with Gasteiger partial charge in [-0.15, -0.1) is 0 Å². The van der Waals surface area contributed by atoms with Crippen LogP contribution in [-0.4, -0.2) is 41.9 Å². The summed E-state index contributed by atoms with van der Waals surface area (Å²) in [7, 11) is 0. The molecule has 39 heavy (non-hydrogen) atoms. The van der Waals surface area contributed by atoms with E-state index in [1.807, 2.05) is 42.5 Å². The van der Waals surface area contributed by atoms with Crippen LogP contribution in [0.2, 0.25) is 0 Å². The van der Waals surface area contributed by atoms with E-state index in [1.165, 1.54) is 0 Å². The summed E-state index contributed by atoms with van der Waals surface area (Å²) in [6.45, 7) is 5.51. The van der Waals surface area contributed by atoms with Gasteiger partial charge in [0.2, 0.25) is 0 Å². The van der Waals surface area contributed by atoms with Gasteiger partial charge >= 0.3 is 6.09 Å². The molecule has 7 heteroatoms. The zero-order valence-corrected chi connectivity index (χ0v) is 22.7. The highest BCUT2D eigenvalue weighted by Crippen LogP contribution is 2.37. The summed E-state index contributed by atoms with van der Waals surface area (Å²) in [5, 5.41) is 9.01. The first-order chi connectivity index (χ1) is 19.2. The van der Waals surface area contributed by atoms with E-state index in [0.717, 1.165) is 66.0 Å². The third kappa shape index (κ3) is 8.47. The Morgan fingerprint density at radius 2 is 1.67 bits per heavy atom. The maximum absolute atomic E-state index is 11.5. The largest absolute Gasteiger partial charge is 0.485 e. The van der Waals surface area contributed by atoms with Gasteiger partial charge in [-0.05, 0) is 48.1 Å². The fraction of sp³-hybridized carbons (Fsp3) is 0.406. The van der Waals surface area contributed by atoms with Crippen LogP contribution in [0.5, 0.6) is 11.5 Å². The Morgan fingerprint density at radius 1 is 0.974 bits per heavy atom. The van der Waals surface area contributed by atoms with E-state index in [0.29, 0.717) is 33.0 Å². The molecule has 0 spiro atoms. The zero-order valence-electron chi connectivity index (χ0n) is 22.7. The molecule has 0 aliphatic carbocycles. The van der Waals surface area contributed by atoms with Crippen LogP contribution >= 0.6 is 0 Å². The number of rotatable bonds is 10. The lowest BCUT2D eigenvalue weighted by molar-refractivity contribution is 0.0837. The highest BCUT2D eigenvalue weighted by molar-refractivity contribution is 5.68. The first-order valence-electron chi connectivity index (χ1n) is 13.8. The van der Waals surface area contributed by atoms with E-state index in [2.05, 4.69) is 37.3 Å². The number of aliphatic hydroxyl groups is 1. The topological polar surface area (TPSA) is 77.5 Å². The van der Waals surface area contributed by atoms with E-state index in [4.69, 9.17) is 24.1 Å². The molecule has 3 aromatic carbocycles. The van der Waals surface area contributed by atoms with Crippen LogP contribution < -0.4 is 9.47 Å². The van der Waals surface area contributed by atoms with Crippen LogP contribution in [0.3, 0.4) is 0 Å². The van der Waals surface area contributed by atoms with Gasteiger partial charge in [0.1, 0.15) is 13.2 Å². The average molecular weight is 534 g/mol. The van der Waals surface area contributed by atoms with Crippen molar-refractivity contribution < 1.29 is 28.8 Å². The lowest BCUT2D eigenvalue weighted by atomic mass is 10.1. The van der Waals surface area contributed by atoms with Gasteiger partial charge in [-0.2, -0.15) is 0 Å². The van der Waals surface area contributed by atoms with Crippen molar-refractivity contribution in [2.45, 2.75) is 65.1 Å². The SMILES string of the molecule is CCCCOC(=O)N1CCC[C@@H]1CO.c1ccc(COc2cc3cc(c2OCc2ccccc2)COC3)cc1. The van der Waals surface area contributed by atoms with Crippen molar-refractivity contribution in [2.24, 2.45) is 0 Å². The predicted octanol–water partition coefficient (Wildman–Crippen LogP) is 6.25. The van der Waals surface area contributed by atoms with Crippen molar-refractivity contribution in [3.05, 3.63) is 95.1 Å². The summed E-state index contributed by atoms with van der Waals surface area (Å²) in [4.78, 5) is 13.1. The van der Waals surface area contributed by atoms with Gasteiger partial charge in [0.25, 0.3) is 0 Å². The van der Waals surface area contributed by atoms with Crippen molar-refractivity contribution in [3.63, 3.8) is 0 Å². The van der Waals surface area contributed by atoms with Crippen molar-refractivity contribution >= 4 is 6.09 Å². The predicted molar refractivity (Wildman–Crippen MR) is 150 cm³/mol. The Bertz CT molecular complexity index is 1150. The molecule has 2 heterocycles. The van der Waals surface area contributed by atoms with Crippen LogP contribution in [0.15, 0.2) is 72.8 Å². The molecule has 0 aromatic heterocycles. The molecule has 0 saturated carbocycles. The number of ether oxygens (including phenoxy) is 4. The highest BCUT2D eigenvalue weighted by atomic mass is 16.6. The van der Waals surface area contributed by atoms with Crippen molar-refractivity contribution in [3.8, 4) is 11.5 Å². The molecule has 1 saturated heterocycles. The van der Waals surface area contributed by atoms with Gasteiger partial charge in [-0.25, -0.2) is 4.79 Å². The van der Waals surface area contributed by atoms with Crippen molar-refractivity contribution in [2.75, 3.05) is 19.8 Å². The molecule has 2 aliphatic heterocycles. The van der Waals surface area contributed by atoms with Crippen LogP contribution in [0.25, 0.3) is 0 Å². The molecular weight excluding hydrogens is 494 g/mol. The Kier molecular flexibility index (Phi) is 11.1. The fourth-order valence-corrected chi connectivity index (χ4v) is 4.58. The minimum absolute atomic E-state index is 0.0240. The monoisotopic (exact) mass is 533 g/mol. The Hall–Kier alpha value is -3.55. The molecular formula is C32H39NO6. The third-order valence-electron chi connectivity index (χ3n) is 6.73. The standard InChI is InChI=1S/C22H20O3.C10H19NO3/c1-3-7-17(8-4-1)14-24-21-12-19-11-20(16-23-13-19)22(21)25-15-18-9-5-2-6-10-18;1-2-3-7-14-10(13)11-6-4-5-9(11)8-12/h1-12H,13-16H2;9,12H,2-8H2,1H3/t;9-/m.1/s1. The second kappa shape index (κ2) is 15.1. The molecule has 208 valence electrons. The molecule has 1 amide bonds. The molecule has 2 aliphatic rings. The average Bonchev–Trinajstić information content (AvgIpc) is 3.47. The van der Waals surface area contributed by atoms with Gasteiger partial charge in [0.15, 0.2) is 11.5 Å². The lowest BCUT2D eigenvalue weighted by Gasteiger charge is -2.22. The second-order valence-electron chi connectivity index (χ2n) is 9.76. The number of amides is 1. The third-order valence-corrected chi connectivity index (χ3v) is 6.73. The highest BCUT2D eigenvalue weighted by Gasteiger charge is 2.28. The first-order valence-corrected chi connectivity index (χ1v) is 13.8. The van der Waals surface area contributed by atoms with Crippen LogP contribution in [-0.2, 0) is 35.9 Å². The van der Waals surface area contributed by atoms with Gasteiger partial charge in [-0.1, -0.05) is 74.0 Å². The van der Waals surface area contributed by atoms with E-state index >= 15 is 0 Å². The molecule has 2 bridgehead atoms. The Labute approximate surface area is 231 Å². The van der Waals surface area contributed by atoms with Gasteiger partial charge in [0.05, 0.1) is 32.5 Å². The summed E-state index contributed by atoms with van der Waals surface area (Å²) in [5.74, 6) is 1.57. The maximum Gasteiger partial charge on any atom is 0.410 e. The molecule has 5 rings (SSSR count). The van der Waals surface area contributed by atoms with E-state index in [9.17, 15) is 4.79 Å². The minimum atomic E-state index is -0.269. The molecule has 0 unspecified atom stereocenters. The number of aliphatic hydroxyl groups excluding tert-OH is 1. The number of nitrogens with zero attached hydrogens (tertiary/aromatic N) is 1. The normalized spacial score (nSPS) is 15.7. The molecule has 0 radical (unpaired) electrons. The van der Waals surface area contributed by atoms with Gasteiger partial charge in [0, 0.05) is 12.1 Å². The number of hydrogen-bond acceptors (Lipinski definition) is 6. The van der Waals surface area contributed by atoms with Gasteiger partial charge < -0.3 is 29.0 Å². The van der Waals surface area contributed by atoms with E-state index in [-0.39, 0.29) is 18.7 Å². The van der Waals surface area contributed by atoms with Crippen LogP contribution in [0, 0.1) is 0 Å². The molecule has 1 fully saturated rings. The lowest BCUT2D eigenvalue weighted by Crippen LogP contribution is -2.38. The fourth-order valence-electron chi connectivity index (χ4n) is 4.58. The summed E-state index contributed by atoms with van der Waals surface area (Å²) in [5.41, 5.74) is 4.43. The number of unbranched alkanes of at least 4 members (excludes halogenated alkanes) is 1. The number of carbonyl (C=O) groups is 1. The number of hydrogen-bond donors (Lipinski definition) is 1. The van der Waals surface area contributed by atoms with Gasteiger partial charge in [-0.3, -0.25) is 0 Å². The number of fused-ring (bicyclic) bond motifs is 2. The van der Waals surface area contributed by atoms with Crippen LogP contribution in [0.4, 0.5) is 4.79 Å². The van der Waals surface area contributed by atoms with E-state index < -0.39 is 0 Å². The van der Waals surface area contributed by atoms with Crippen molar-refractivity contribution in [1.82, 2.24) is 4.90 Å². The molecule has 3 aromatic rings. The molecule has 1 atom stereocenters.